The maximum Gasteiger partial charge on any atom is 0.337 e. The van der Waals surface area contributed by atoms with Crippen molar-refractivity contribution in [3.05, 3.63) is 80.8 Å². The van der Waals surface area contributed by atoms with E-state index in [1.54, 1.807) is 63.2 Å². The lowest BCUT2D eigenvalue weighted by Crippen LogP contribution is -2.32. The summed E-state index contributed by atoms with van der Waals surface area (Å²) in [5.41, 5.74) is 2.38. The lowest BCUT2D eigenvalue weighted by atomic mass is 9.79. The Bertz CT molecular complexity index is 1480. The first-order valence-electron chi connectivity index (χ1n) is 10.8. The molecule has 0 amide bonds. The van der Waals surface area contributed by atoms with Gasteiger partial charge in [0.05, 0.1) is 34.4 Å². The van der Waals surface area contributed by atoms with Crippen molar-refractivity contribution in [2.75, 3.05) is 13.2 Å². The van der Waals surface area contributed by atoms with Gasteiger partial charge in [-0.2, -0.15) is 0 Å². The molecular formula is C27H23NO6. The topological polar surface area (TPSA) is 94.8 Å². The average Bonchev–Trinajstić information content (AvgIpc) is 2.82. The molecule has 0 radical (unpaired) electrons. The van der Waals surface area contributed by atoms with Crippen LogP contribution in [0.4, 0.5) is 0 Å². The SMILES string of the molecule is C#CCOC(=O)C1=C(C)NC(C)=C(C(=O)OCC)C1c1cccc2c(=O)c3ccccc3oc12. The van der Waals surface area contributed by atoms with E-state index < -0.39 is 17.9 Å². The van der Waals surface area contributed by atoms with Gasteiger partial charge in [-0.25, -0.2) is 9.59 Å². The van der Waals surface area contributed by atoms with Crippen LogP contribution in [0.2, 0.25) is 0 Å². The van der Waals surface area contributed by atoms with Crippen molar-refractivity contribution in [2.24, 2.45) is 0 Å². The van der Waals surface area contributed by atoms with Crippen molar-refractivity contribution in [1.82, 2.24) is 5.32 Å². The van der Waals surface area contributed by atoms with Gasteiger partial charge in [-0.1, -0.05) is 30.2 Å². The standard InChI is InChI=1S/C27H23NO6/c1-5-14-33-27(31)22-16(4)28-15(3)21(26(30)32-6-2)23(22)18-11-9-12-19-24(29)17-10-7-8-13-20(17)34-25(18)19/h1,7-13,23,28H,6,14H2,2-4H3. The Morgan fingerprint density at radius 2 is 1.65 bits per heavy atom. The van der Waals surface area contributed by atoms with Gasteiger partial charge in [0.15, 0.2) is 6.61 Å². The van der Waals surface area contributed by atoms with E-state index in [1.165, 1.54) is 0 Å². The van der Waals surface area contributed by atoms with Crippen LogP contribution < -0.4 is 10.7 Å². The minimum atomic E-state index is -0.904. The molecule has 1 aromatic heterocycles. The summed E-state index contributed by atoms with van der Waals surface area (Å²) < 4.78 is 16.7. The Hall–Kier alpha value is -4.31. The van der Waals surface area contributed by atoms with Crippen molar-refractivity contribution in [1.29, 1.82) is 0 Å². The number of terminal acetylenes is 1. The summed E-state index contributed by atoms with van der Waals surface area (Å²) in [5.74, 6) is 0.105. The van der Waals surface area contributed by atoms with Crippen LogP contribution in [0.1, 0.15) is 32.3 Å². The summed E-state index contributed by atoms with van der Waals surface area (Å²) in [6.07, 6.45) is 5.28. The highest BCUT2D eigenvalue weighted by molar-refractivity contribution is 6.02. The molecule has 7 heteroatoms. The normalized spacial score (nSPS) is 15.8. The van der Waals surface area contributed by atoms with E-state index >= 15 is 0 Å². The summed E-state index contributed by atoms with van der Waals surface area (Å²) in [6, 6.07) is 12.0. The van der Waals surface area contributed by atoms with Gasteiger partial charge in [-0.3, -0.25) is 4.79 Å². The lowest BCUT2D eigenvalue weighted by Gasteiger charge is -2.30. The van der Waals surface area contributed by atoms with E-state index in [1.807, 2.05) is 0 Å². The molecule has 34 heavy (non-hydrogen) atoms. The highest BCUT2D eigenvalue weighted by Gasteiger charge is 2.39. The molecule has 1 atom stereocenters. The van der Waals surface area contributed by atoms with Crippen molar-refractivity contribution in [3.8, 4) is 12.3 Å². The monoisotopic (exact) mass is 457 g/mol. The molecule has 4 rings (SSSR count). The van der Waals surface area contributed by atoms with Crippen LogP contribution in [-0.2, 0) is 19.1 Å². The van der Waals surface area contributed by atoms with E-state index in [0.29, 0.717) is 33.3 Å². The number of rotatable bonds is 5. The Labute approximate surface area is 196 Å². The summed E-state index contributed by atoms with van der Waals surface area (Å²) in [7, 11) is 0. The van der Waals surface area contributed by atoms with Gasteiger partial charge >= 0.3 is 11.9 Å². The van der Waals surface area contributed by atoms with Gasteiger partial charge in [-0.15, -0.1) is 6.42 Å². The quantitative estimate of drug-likeness (QED) is 0.352. The highest BCUT2D eigenvalue weighted by Crippen LogP contribution is 2.42. The second-order valence-electron chi connectivity index (χ2n) is 7.79. The number of hydrogen-bond donors (Lipinski definition) is 1. The van der Waals surface area contributed by atoms with E-state index in [9.17, 15) is 14.4 Å². The predicted molar refractivity (Wildman–Crippen MR) is 128 cm³/mol. The zero-order valence-electron chi connectivity index (χ0n) is 19.1. The molecule has 0 spiro atoms. The first kappa shape index (κ1) is 22.9. The molecule has 0 saturated heterocycles. The summed E-state index contributed by atoms with van der Waals surface area (Å²) >= 11 is 0. The number of hydrogen-bond acceptors (Lipinski definition) is 7. The van der Waals surface area contributed by atoms with Crippen LogP contribution >= 0.6 is 0 Å². The third-order valence-corrected chi connectivity index (χ3v) is 5.71. The number of para-hydroxylation sites is 2. The Balaban J connectivity index is 2.04. The summed E-state index contributed by atoms with van der Waals surface area (Å²) in [5, 5.41) is 3.86. The second kappa shape index (κ2) is 9.28. The molecule has 0 aliphatic carbocycles. The van der Waals surface area contributed by atoms with E-state index in [0.717, 1.165) is 0 Å². The molecule has 0 bridgehead atoms. The molecule has 2 heterocycles. The van der Waals surface area contributed by atoms with Gasteiger partial charge in [0.1, 0.15) is 11.2 Å². The van der Waals surface area contributed by atoms with E-state index in [-0.39, 0.29) is 35.4 Å². The molecule has 172 valence electrons. The van der Waals surface area contributed by atoms with E-state index in [2.05, 4.69) is 11.2 Å². The number of esters is 2. The van der Waals surface area contributed by atoms with Gasteiger partial charge < -0.3 is 19.2 Å². The molecule has 1 N–H and O–H groups in total. The number of carbonyl (C=O) groups is 2. The highest BCUT2D eigenvalue weighted by atomic mass is 16.5. The third kappa shape index (κ3) is 3.84. The van der Waals surface area contributed by atoms with Gasteiger partial charge in [0.2, 0.25) is 5.43 Å². The van der Waals surface area contributed by atoms with E-state index in [4.69, 9.17) is 20.3 Å². The number of nitrogens with one attached hydrogen (secondary N) is 1. The predicted octanol–water partition coefficient (Wildman–Crippen LogP) is 3.92. The Morgan fingerprint density at radius 1 is 1.00 bits per heavy atom. The maximum atomic E-state index is 13.2. The van der Waals surface area contributed by atoms with Crippen molar-refractivity contribution < 1.29 is 23.5 Å². The lowest BCUT2D eigenvalue weighted by molar-refractivity contribution is -0.139. The fourth-order valence-corrected chi connectivity index (χ4v) is 4.31. The first-order chi connectivity index (χ1) is 16.4. The minimum absolute atomic E-state index is 0.150. The van der Waals surface area contributed by atoms with Gasteiger partial charge in [0.25, 0.3) is 0 Å². The van der Waals surface area contributed by atoms with Gasteiger partial charge in [0, 0.05) is 17.0 Å². The molecule has 1 unspecified atom stereocenters. The van der Waals surface area contributed by atoms with Crippen LogP contribution in [-0.4, -0.2) is 25.2 Å². The fourth-order valence-electron chi connectivity index (χ4n) is 4.31. The number of dihydropyridines is 1. The Morgan fingerprint density at radius 3 is 2.32 bits per heavy atom. The zero-order valence-corrected chi connectivity index (χ0v) is 19.1. The Kier molecular flexibility index (Phi) is 6.24. The van der Waals surface area contributed by atoms with Crippen LogP contribution in [0.3, 0.4) is 0 Å². The first-order valence-corrected chi connectivity index (χ1v) is 10.8. The number of carbonyl (C=O) groups excluding carboxylic acids is 2. The van der Waals surface area contributed by atoms with Crippen molar-refractivity contribution in [3.63, 3.8) is 0 Å². The fraction of sp³-hybridized carbons (Fsp3) is 0.222. The van der Waals surface area contributed by atoms with Crippen LogP contribution in [0.5, 0.6) is 0 Å². The maximum absolute atomic E-state index is 13.2. The average molecular weight is 457 g/mol. The molecule has 0 saturated carbocycles. The smallest absolute Gasteiger partial charge is 0.337 e. The van der Waals surface area contributed by atoms with Gasteiger partial charge in [-0.05, 0) is 39.0 Å². The second-order valence-corrected chi connectivity index (χ2v) is 7.79. The van der Waals surface area contributed by atoms with Crippen LogP contribution in [0.25, 0.3) is 21.9 Å². The van der Waals surface area contributed by atoms with Crippen molar-refractivity contribution in [2.45, 2.75) is 26.7 Å². The number of allylic oxidation sites excluding steroid dienone is 2. The summed E-state index contributed by atoms with van der Waals surface area (Å²) in [4.78, 5) is 39.4. The zero-order chi connectivity index (χ0) is 24.4. The summed E-state index contributed by atoms with van der Waals surface area (Å²) in [6.45, 7) is 5.06. The van der Waals surface area contributed by atoms with Crippen molar-refractivity contribution >= 4 is 33.9 Å². The molecule has 7 nitrogen and oxygen atoms in total. The molecule has 2 aromatic carbocycles. The molecule has 3 aromatic rings. The minimum Gasteiger partial charge on any atom is -0.463 e. The number of fused-ring (bicyclic) bond motifs is 2. The number of benzene rings is 2. The van der Waals surface area contributed by atoms with Crippen LogP contribution in [0, 0.1) is 12.3 Å². The largest absolute Gasteiger partial charge is 0.463 e. The molecule has 1 aliphatic heterocycles. The third-order valence-electron chi connectivity index (χ3n) is 5.71. The molecule has 1 aliphatic rings. The number of ether oxygens (including phenoxy) is 2. The molecule has 0 fully saturated rings. The van der Waals surface area contributed by atoms with Crippen LogP contribution in [0.15, 0.2) is 74.2 Å². The molecular weight excluding hydrogens is 434 g/mol.